The summed E-state index contributed by atoms with van der Waals surface area (Å²) in [6, 6.07) is 0. The highest BCUT2D eigenvalue weighted by Crippen LogP contribution is 2.36. The van der Waals surface area contributed by atoms with Crippen LogP contribution in [0.5, 0.6) is 0 Å². The number of hydrogen-bond acceptors (Lipinski definition) is 4. The summed E-state index contributed by atoms with van der Waals surface area (Å²) >= 11 is 0. The minimum atomic E-state index is -6.72. The molecule has 14 heteroatoms. The van der Waals surface area contributed by atoms with E-state index in [1.807, 2.05) is 0 Å². The van der Waals surface area contributed by atoms with Crippen LogP contribution in [0, 0.1) is 0 Å². The predicted molar refractivity (Wildman–Crippen MR) is 107 cm³/mol. The zero-order valence-corrected chi connectivity index (χ0v) is 19.6. The largest absolute Gasteiger partial charge is 0.480 e. The van der Waals surface area contributed by atoms with Crippen molar-refractivity contribution in [1.29, 1.82) is 0 Å². The van der Waals surface area contributed by atoms with Crippen LogP contribution in [0.4, 0.5) is 26.3 Å². The van der Waals surface area contributed by atoms with Crippen molar-refractivity contribution >= 4 is 20.0 Å². The van der Waals surface area contributed by atoms with Gasteiger partial charge in [-0.3, -0.25) is 0 Å². The number of unbranched alkanes of at least 4 members (excludes halogenated alkanes) is 11. The van der Waals surface area contributed by atoms with Crippen molar-refractivity contribution in [2.75, 3.05) is 13.6 Å². The summed E-state index contributed by atoms with van der Waals surface area (Å²) in [5.41, 5.74) is -12.4. The van der Waals surface area contributed by atoms with Crippen molar-refractivity contribution in [3.8, 4) is 0 Å². The van der Waals surface area contributed by atoms with E-state index in [0.717, 1.165) is 4.13 Å². The molecule has 0 aliphatic carbocycles. The van der Waals surface area contributed by atoms with Gasteiger partial charge in [0.2, 0.25) is 0 Å². The van der Waals surface area contributed by atoms with E-state index in [0.29, 0.717) is 0 Å². The van der Waals surface area contributed by atoms with Crippen molar-refractivity contribution in [2.45, 2.75) is 95.0 Å². The molecule has 31 heavy (non-hydrogen) atoms. The van der Waals surface area contributed by atoms with Crippen LogP contribution < -0.4 is 5.32 Å². The first-order chi connectivity index (χ1) is 14.1. The lowest BCUT2D eigenvalue weighted by atomic mass is 10.1. The summed E-state index contributed by atoms with van der Waals surface area (Å²) in [4.78, 5) is 0. The molecule has 0 aromatic carbocycles. The minimum absolute atomic E-state index is 0.778. The molecular formula is C17H34F6N2O4S2. The van der Waals surface area contributed by atoms with E-state index in [4.69, 9.17) is 0 Å². The monoisotopic (exact) mass is 508 g/mol. The third kappa shape index (κ3) is 16.7. The van der Waals surface area contributed by atoms with Gasteiger partial charge in [-0.15, -0.1) is 0 Å². The summed E-state index contributed by atoms with van der Waals surface area (Å²) in [5.74, 6) is 0. The number of sulfonamides is 2. The molecule has 0 atom stereocenters. The number of rotatable bonds is 15. The van der Waals surface area contributed by atoms with Gasteiger partial charge in [0.05, 0.1) is 13.6 Å². The molecule has 0 unspecified atom stereocenters. The summed E-state index contributed by atoms with van der Waals surface area (Å²) in [7, 11) is -11.3. The molecule has 190 valence electrons. The molecule has 0 rings (SSSR count). The second kappa shape index (κ2) is 16.1. The van der Waals surface area contributed by atoms with Crippen molar-refractivity contribution in [3.05, 3.63) is 4.13 Å². The average Bonchev–Trinajstić information content (AvgIpc) is 2.60. The van der Waals surface area contributed by atoms with Gasteiger partial charge in [-0.2, -0.15) is 26.3 Å². The summed E-state index contributed by atoms with van der Waals surface area (Å²) in [5, 5.41) is 2.29. The van der Waals surface area contributed by atoms with Gasteiger partial charge < -0.3 is 9.44 Å². The van der Waals surface area contributed by atoms with Crippen LogP contribution in [0.2, 0.25) is 0 Å². The Kier molecular flexibility index (Phi) is 16.9. The zero-order valence-electron chi connectivity index (χ0n) is 17.9. The van der Waals surface area contributed by atoms with Crippen LogP contribution in [0.25, 0.3) is 4.13 Å². The van der Waals surface area contributed by atoms with E-state index in [-0.39, 0.29) is 0 Å². The predicted octanol–water partition coefficient (Wildman–Crippen LogP) is 4.94. The van der Waals surface area contributed by atoms with Gasteiger partial charge in [-0.1, -0.05) is 71.1 Å². The standard InChI is InChI=1S/C15H33N.C2F6NO4S2/c1-3-4-5-6-7-8-9-10-11-12-13-14-15-16-2;3-1(4,5)14(10,11)9-15(12,13)2(6,7)8/h16H,3-15H2,1-2H3;/q;-1/p+1. The van der Waals surface area contributed by atoms with Crippen LogP contribution in [0.3, 0.4) is 0 Å². The smallest absolute Gasteiger partial charge is 0.421 e. The normalized spacial score (nSPS) is 13.0. The first-order valence-corrected chi connectivity index (χ1v) is 13.1. The van der Waals surface area contributed by atoms with E-state index < -0.39 is 31.1 Å². The van der Waals surface area contributed by atoms with Crippen molar-refractivity contribution < 1.29 is 48.5 Å². The topological polar surface area (TPSA) is 99.0 Å². The van der Waals surface area contributed by atoms with Crippen LogP contribution in [-0.2, 0) is 20.0 Å². The Hall–Kier alpha value is -0.600. The third-order valence-electron chi connectivity index (χ3n) is 4.13. The molecule has 2 N–H and O–H groups in total. The fourth-order valence-corrected chi connectivity index (χ4v) is 4.11. The molecule has 0 bridgehead atoms. The van der Waals surface area contributed by atoms with Crippen LogP contribution in [-0.4, -0.2) is 41.4 Å². The maximum Gasteiger partial charge on any atom is 0.480 e. The molecule has 0 fully saturated rings. The summed E-state index contributed by atoms with van der Waals surface area (Å²) < 4.78 is 109. The third-order valence-corrected chi connectivity index (χ3v) is 6.87. The average molecular weight is 509 g/mol. The number of alkyl halides is 6. The van der Waals surface area contributed by atoms with Gasteiger partial charge in [0.1, 0.15) is 0 Å². The minimum Gasteiger partial charge on any atom is -0.421 e. The molecule has 0 radical (unpaired) electrons. The van der Waals surface area contributed by atoms with Crippen molar-refractivity contribution in [1.82, 2.24) is 0 Å². The lowest BCUT2D eigenvalue weighted by Gasteiger charge is -2.22. The number of quaternary nitrogens is 1. The quantitative estimate of drug-likeness (QED) is 0.250. The molecule has 0 aromatic rings. The number of nitrogens with zero attached hydrogens (tertiary/aromatic N) is 1. The molecule has 0 saturated carbocycles. The van der Waals surface area contributed by atoms with Gasteiger partial charge in [-0.05, 0) is 12.8 Å². The zero-order chi connectivity index (χ0) is 24.6. The maximum atomic E-state index is 11.4. The number of hydrogen-bond donors (Lipinski definition) is 1. The second-order valence-electron chi connectivity index (χ2n) is 7.00. The Morgan fingerprint density at radius 2 is 0.903 bits per heavy atom. The van der Waals surface area contributed by atoms with E-state index in [1.54, 1.807) is 0 Å². The molecule has 0 heterocycles. The van der Waals surface area contributed by atoms with Gasteiger partial charge in [-0.25, -0.2) is 16.8 Å². The highest BCUT2D eigenvalue weighted by molar-refractivity contribution is 8.13. The van der Waals surface area contributed by atoms with Crippen LogP contribution >= 0.6 is 0 Å². The van der Waals surface area contributed by atoms with Crippen molar-refractivity contribution in [3.63, 3.8) is 0 Å². The van der Waals surface area contributed by atoms with E-state index in [2.05, 4.69) is 19.3 Å². The summed E-state index contributed by atoms with van der Waals surface area (Å²) in [6.45, 7) is 3.60. The Morgan fingerprint density at radius 1 is 0.613 bits per heavy atom. The maximum absolute atomic E-state index is 11.4. The molecule has 0 spiro atoms. The Balaban J connectivity index is 0. The van der Waals surface area contributed by atoms with Gasteiger partial charge >= 0.3 is 11.0 Å². The highest BCUT2D eigenvalue weighted by atomic mass is 32.3. The van der Waals surface area contributed by atoms with Crippen LogP contribution in [0.15, 0.2) is 0 Å². The SMILES string of the molecule is CCCCCCCCCCCCCC[NH2+]C.O=S(=O)([N-]S(=O)(=O)C(F)(F)F)C(F)(F)F. The van der Waals surface area contributed by atoms with Gasteiger partial charge in [0, 0.05) is 0 Å². The van der Waals surface area contributed by atoms with E-state index in [9.17, 15) is 43.2 Å². The molecule has 0 aromatic heterocycles. The highest BCUT2D eigenvalue weighted by Gasteiger charge is 2.46. The molecule has 0 aliphatic rings. The summed E-state index contributed by atoms with van der Waals surface area (Å²) in [6.07, 6.45) is 17.4. The Labute approximate surface area is 181 Å². The molecule has 0 saturated heterocycles. The molecule has 0 aliphatic heterocycles. The lowest BCUT2D eigenvalue weighted by Crippen LogP contribution is -2.79. The van der Waals surface area contributed by atoms with E-state index >= 15 is 0 Å². The number of nitrogens with two attached hydrogens (primary N) is 1. The second-order valence-corrected chi connectivity index (χ2v) is 10.4. The van der Waals surface area contributed by atoms with Crippen molar-refractivity contribution in [2.24, 2.45) is 0 Å². The molecular weight excluding hydrogens is 474 g/mol. The molecule has 6 nitrogen and oxygen atoms in total. The fourth-order valence-electron chi connectivity index (χ4n) is 2.40. The Morgan fingerprint density at radius 3 is 1.16 bits per heavy atom. The Bertz CT molecular complexity index is 595. The van der Waals surface area contributed by atoms with E-state index in [1.165, 1.54) is 83.6 Å². The van der Waals surface area contributed by atoms with Gasteiger partial charge in [0.25, 0.3) is 0 Å². The lowest BCUT2D eigenvalue weighted by molar-refractivity contribution is -0.627. The molecule has 0 amide bonds. The van der Waals surface area contributed by atoms with Crippen LogP contribution in [0.1, 0.15) is 84.0 Å². The number of halogens is 6. The van der Waals surface area contributed by atoms with Gasteiger partial charge in [0.15, 0.2) is 20.0 Å². The first kappa shape index (κ1) is 32.6. The first-order valence-electron chi connectivity index (χ1n) is 10.3. The fraction of sp³-hybridized carbons (Fsp3) is 1.00.